The molecule has 0 fully saturated rings. The fourth-order valence-electron chi connectivity index (χ4n) is 3.11. The van der Waals surface area contributed by atoms with Crippen molar-refractivity contribution < 1.29 is 14.3 Å². The Morgan fingerprint density at radius 2 is 1.73 bits per heavy atom. The number of anilines is 1. The summed E-state index contributed by atoms with van der Waals surface area (Å²) in [6, 6.07) is 13.2. The number of carbonyl (C=O) groups is 2. The first-order valence-corrected chi connectivity index (χ1v) is 9.59. The van der Waals surface area contributed by atoms with E-state index in [4.69, 9.17) is 4.74 Å². The van der Waals surface area contributed by atoms with Gasteiger partial charge in [-0.2, -0.15) is 5.10 Å². The number of carbonyl (C=O) groups excluding carboxylic acids is 2. The molecule has 2 amide bonds. The van der Waals surface area contributed by atoms with Crippen molar-refractivity contribution in [3.63, 3.8) is 0 Å². The highest BCUT2D eigenvalue weighted by atomic mass is 16.5. The molecule has 3 N–H and O–H groups in total. The lowest BCUT2D eigenvalue weighted by molar-refractivity contribution is -0.127. The highest BCUT2D eigenvalue weighted by Gasteiger charge is 2.25. The van der Waals surface area contributed by atoms with Gasteiger partial charge in [-0.15, -0.1) is 0 Å². The normalized spacial score (nSPS) is 11.9. The average Bonchev–Trinajstić information content (AvgIpc) is 2.74. The topological polar surface area (TPSA) is 113 Å². The van der Waals surface area contributed by atoms with Crippen molar-refractivity contribution >= 4 is 28.3 Å². The molecular weight excluding hydrogens is 384 g/mol. The van der Waals surface area contributed by atoms with Gasteiger partial charge in [0.15, 0.2) is 0 Å². The first-order chi connectivity index (χ1) is 14.4. The maximum absolute atomic E-state index is 12.7. The molecule has 30 heavy (non-hydrogen) atoms. The third-order valence-corrected chi connectivity index (χ3v) is 4.73. The van der Waals surface area contributed by atoms with Crippen LogP contribution in [0.4, 0.5) is 5.69 Å². The molecular formula is C22H24N4O4. The molecule has 0 aliphatic carbocycles. The van der Waals surface area contributed by atoms with E-state index < -0.39 is 6.04 Å². The molecule has 1 unspecified atom stereocenters. The molecule has 8 nitrogen and oxygen atoms in total. The molecule has 1 aromatic heterocycles. The van der Waals surface area contributed by atoms with E-state index in [2.05, 4.69) is 20.8 Å². The number of fused-ring (bicyclic) bond motifs is 1. The Morgan fingerprint density at radius 3 is 2.37 bits per heavy atom. The zero-order chi connectivity index (χ0) is 21.7. The van der Waals surface area contributed by atoms with Crippen LogP contribution in [0.3, 0.4) is 0 Å². The molecule has 0 aliphatic rings. The molecule has 3 aromatic rings. The number of aromatic nitrogens is 2. The van der Waals surface area contributed by atoms with Crippen LogP contribution in [0.5, 0.6) is 5.75 Å². The predicted molar refractivity (Wildman–Crippen MR) is 114 cm³/mol. The van der Waals surface area contributed by atoms with Crippen molar-refractivity contribution in [1.82, 2.24) is 15.5 Å². The van der Waals surface area contributed by atoms with Gasteiger partial charge in [-0.1, -0.05) is 32.0 Å². The Kier molecular flexibility index (Phi) is 6.46. The molecule has 8 heteroatoms. The number of methoxy groups -OCH3 is 1. The number of hydrogen-bond acceptors (Lipinski definition) is 5. The fourth-order valence-corrected chi connectivity index (χ4v) is 3.11. The summed E-state index contributed by atoms with van der Waals surface area (Å²) >= 11 is 0. The van der Waals surface area contributed by atoms with Crippen molar-refractivity contribution in [2.75, 3.05) is 12.4 Å². The van der Waals surface area contributed by atoms with Crippen LogP contribution < -0.4 is 20.9 Å². The summed E-state index contributed by atoms with van der Waals surface area (Å²) < 4.78 is 5.11. The lowest BCUT2D eigenvalue weighted by Crippen LogP contribution is -2.47. The van der Waals surface area contributed by atoms with E-state index >= 15 is 0 Å². The van der Waals surface area contributed by atoms with Crippen molar-refractivity contribution in [3.8, 4) is 5.75 Å². The van der Waals surface area contributed by atoms with Gasteiger partial charge in [-0.25, -0.2) is 5.10 Å². The van der Waals surface area contributed by atoms with Crippen LogP contribution in [0.25, 0.3) is 10.8 Å². The number of rotatable bonds is 7. The van der Waals surface area contributed by atoms with E-state index in [9.17, 15) is 14.4 Å². The molecule has 1 atom stereocenters. The second-order valence-corrected chi connectivity index (χ2v) is 7.23. The number of hydrogen-bond donors (Lipinski definition) is 3. The van der Waals surface area contributed by atoms with Gasteiger partial charge in [-0.05, 0) is 36.2 Å². The standard InChI is InChI=1S/C22H24N4O4/c1-13(2)20(22(29)23-14-8-10-15(30-3)11-9-14)24-19(27)12-18-16-6-4-5-7-17(16)21(28)26-25-18/h4-11,13,20H,12H2,1-3H3,(H,23,29)(H,24,27)(H,26,28). The third-order valence-electron chi connectivity index (χ3n) is 4.73. The van der Waals surface area contributed by atoms with Gasteiger partial charge in [0, 0.05) is 11.1 Å². The van der Waals surface area contributed by atoms with Gasteiger partial charge in [0.25, 0.3) is 5.56 Å². The van der Waals surface area contributed by atoms with Crippen LogP contribution in [-0.2, 0) is 16.0 Å². The van der Waals surface area contributed by atoms with Crippen LogP contribution >= 0.6 is 0 Å². The minimum atomic E-state index is -0.728. The van der Waals surface area contributed by atoms with Gasteiger partial charge >= 0.3 is 0 Å². The van der Waals surface area contributed by atoms with Gasteiger partial charge in [0.1, 0.15) is 11.8 Å². The number of ether oxygens (including phenoxy) is 1. The monoisotopic (exact) mass is 408 g/mol. The molecule has 2 aromatic carbocycles. The van der Waals surface area contributed by atoms with Crippen molar-refractivity contribution in [3.05, 3.63) is 64.6 Å². The SMILES string of the molecule is COc1ccc(NC(=O)C(NC(=O)Cc2n[nH]c(=O)c3ccccc23)C(C)C)cc1. The Labute approximate surface area is 173 Å². The molecule has 0 bridgehead atoms. The number of aromatic amines is 1. The van der Waals surface area contributed by atoms with Crippen molar-refractivity contribution in [1.29, 1.82) is 0 Å². The molecule has 0 radical (unpaired) electrons. The van der Waals surface area contributed by atoms with E-state index in [1.54, 1.807) is 55.6 Å². The summed E-state index contributed by atoms with van der Waals surface area (Å²) in [6.45, 7) is 3.71. The van der Waals surface area contributed by atoms with E-state index in [-0.39, 0.29) is 29.7 Å². The molecule has 0 saturated carbocycles. The van der Waals surface area contributed by atoms with Crippen LogP contribution in [-0.4, -0.2) is 35.2 Å². The molecule has 1 heterocycles. The van der Waals surface area contributed by atoms with Crippen LogP contribution in [0.15, 0.2) is 53.3 Å². The number of nitrogens with one attached hydrogen (secondary N) is 3. The summed E-state index contributed by atoms with van der Waals surface area (Å²) in [5, 5.41) is 13.1. The maximum Gasteiger partial charge on any atom is 0.272 e. The van der Waals surface area contributed by atoms with E-state index in [1.165, 1.54) is 0 Å². The van der Waals surface area contributed by atoms with Crippen LogP contribution in [0.1, 0.15) is 19.5 Å². The molecule has 156 valence electrons. The number of amides is 2. The fraction of sp³-hybridized carbons (Fsp3) is 0.273. The largest absolute Gasteiger partial charge is 0.497 e. The van der Waals surface area contributed by atoms with Gasteiger partial charge in [0.2, 0.25) is 11.8 Å². The third kappa shape index (κ3) is 4.83. The lowest BCUT2D eigenvalue weighted by atomic mass is 10.0. The first-order valence-electron chi connectivity index (χ1n) is 9.59. The second kappa shape index (κ2) is 9.21. The summed E-state index contributed by atoms with van der Waals surface area (Å²) in [6.07, 6.45) is -0.0592. The number of nitrogens with zero attached hydrogens (tertiary/aromatic N) is 1. The highest BCUT2D eigenvalue weighted by Crippen LogP contribution is 2.16. The number of benzene rings is 2. The predicted octanol–water partition coefficient (Wildman–Crippen LogP) is 2.25. The van der Waals surface area contributed by atoms with E-state index in [0.717, 1.165) is 0 Å². The van der Waals surface area contributed by atoms with E-state index in [0.29, 0.717) is 27.9 Å². The van der Waals surface area contributed by atoms with Gasteiger partial charge < -0.3 is 15.4 Å². The van der Waals surface area contributed by atoms with Gasteiger partial charge in [-0.3, -0.25) is 14.4 Å². The number of H-pyrrole nitrogens is 1. The first kappa shape index (κ1) is 21.0. The Balaban J connectivity index is 1.72. The zero-order valence-corrected chi connectivity index (χ0v) is 17.1. The molecule has 0 spiro atoms. The Morgan fingerprint density at radius 1 is 1.07 bits per heavy atom. The second-order valence-electron chi connectivity index (χ2n) is 7.23. The quantitative estimate of drug-likeness (QED) is 0.555. The Hall–Kier alpha value is -3.68. The van der Waals surface area contributed by atoms with Gasteiger partial charge in [0.05, 0.1) is 24.6 Å². The summed E-state index contributed by atoms with van der Waals surface area (Å²) in [5.74, 6) is -0.124. The molecule has 0 saturated heterocycles. The average molecular weight is 408 g/mol. The maximum atomic E-state index is 12.7. The molecule has 3 rings (SSSR count). The summed E-state index contributed by atoms with van der Waals surface area (Å²) in [5.41, 5.74) is 0.739. The van der Waals surface area contributed by atoms with Crippen molar-refractivity contribution in [2.24, 2.45) is 5.92 Å². The Bertz CT molecular complexity index is 1110. The smallest absolute Gasteiger partial charge is 0.272 e. The lowest BCUT2D eigenvalue weighted by Gasteiger charge is -2.22. The van der Waals surface area contributed by atoms with Crippen LogP contribution in [0, 0.1) is 5.92 Å². The summed E-state index contributed by atoms with van der Waals surface area (Å²) in [4.78, 5) is 37.3. The van der Waals surface area contributed by atoms with Crippen molar-refractivity contribution in [2.45, 2.75) is 26.3 Å². The zero-order valence-electron chi connectivity index (χ0n) is 17.1. The minimum Gasteiger partial charge on any atom is -0.497 e. The van der Waals surface area contributed by atoms with E-state index in [1.807, 2.05) is 13.8 Å². The molecule has 0 aliphatic heterocycles. The minimum absolute atomic E-state index is 0.0592. The van der Waals surface area contributed by atoms with Crippen LogP contribution in [0.2, 0.25) is 0 Å². The highest BCUT2D eigenvalue weighted by molar-refractivity contribution is 5.98. The summed E-state index contributed by atoms with van der Waals surface area (Å²) in [7, 11) is 1.57.